The van der Waals surface area contributed by atoms with Gasteiger partial charge in [0, 0.05) is 6.42 Å². The van der Waals surface area contributed by atoms with Crippen molar-refractivity contribution in [2.45, 2.75) is 45.4 Å². The third kappa shape index (κ3) is 2.63. The van der Waals surface area contributed by atoms with Gasteiger partial charge in [0.1, 0.15) is 0 Å². The number of rotatable bonds is 3. The van der Waals surface area contributed by atoms with E-state index in [1.165, 1.54) is 5.56 Å². The van der Waals surface area contributed by atoms with Crippen molar-refractivity contribution < 1.29 is 0 Å². The van der Waals surface area contributed by atoms with Gasteiger partial charge < -0.3 is 0 Å². The van der Waals surface area contributed by atoms with E-state index in [9.17, 15) is 0 Å². The lowest BCUT2D eigenvalue weighted by atomic mass is 9.76. The molecule has 0 heterocycles. The molecule has 0 bridgehead atoms. The van der Waals surface area contributed by atoms with E-state index in [0.717, 1.165) is 19.3 Å². The van der Waals surface area contributed by atoms with Gasteiger partial charge in [0.15, 0.2) is 0 Å². The summed E-state index contributed by atoms with van der Waals surface area (Å²) in [5.74, 6) is 6.69. The van der Waals surface area contributed by atoms with Crippen LogP contribution >= 0.6 is 0 Å². The van der Waals surface area contributed by atoms with Crippen LogP contribution in [0, 0.1) is 11.8 Å². The molecule has 0 heteroatoms. The third-order valence-corrected chi connectivity index (χ3v) is 3.04. The van der Waals surface area contributed by atoms with Crippen molar-refractivity contribution in [1.82, 2.24) is 0 Å². The van der Waals surface area contributed by atoms with Crippen LogP contribution in [0.2, 0.25) is 0 Å². The highest BCUT2D eigenvalue weighted by Crippen LogP contribution is 2.30. The Kier molecular flexibility index (Phi) is 4.43. The molecule has 0 fully saturated rings. The smallest absolute Gasteiger partial charge is 0.0557 e. The number of hydrogen-bond donors (Lipinski definition) is 0. The standard InChI is InChI=1S/C15H20/c1-4-7-13-15(5-2,6-3)14-11-9-8-10-12-14/h8-12H,4-6H2,1-3H3. The Morgan fingerprint density at radius 2 is 1.60 bits per heavy atom. The van der Waals surface area contributed by atoms with Gasteiger partial charge in [-0.25, -0.2) is 0 Å². The van der Waals surface area contributed by atoms with Gasteiger partial charge in [0.05, 0.1) is 5.41 Å². The van der Waals surface area contributed by atoms with Gasteiger partial charge in [-0.1, -0.05) is 57.0 Å². The molecule has 0 saturated carbocycles. The zero-order valence-electron chi connectivity index (χ0n) is 10.0. The summed E-state index contributed by atoms with van der Waals surface area (Å²) in [6.07, 6.45) is 3.11. The van der Waals surface area contributed by atoms with Crippen molar-refractivity contribution in [3.05, 3.63) is 35.9 Å². The van der Waals surface area contributed by atoms with Crippen molar-refractivity contribution in [1.29, 1.82) is 0 Å². The maximum atomic E-state index is 3.45. The Labute approximate surface area is 93.7 Å². The van der Waals surface area contributed by atoms with Gasteiger partial charge in [-0.3, -0.25) is 0 Å². The SMILES string of the molecule is CCC#CC(CC)(CC)c1ccccc1. The molecule has 1 aromatic rings. The minimum absolute atomic E-state index is 0.0667. The zero-order chi connectivity index (χ0) is 11.1. The van der Waals surface area contributed by atoms with Crippen LogP contribution in [-0.2, 0) is 5.41 Å². The molecule has 0 aliphatic rings. The first-order chi connectivity index (χ1) is 7.29. The molecule has 0 N–H and O–H groups in total. The molecule has 80 valence electrons. The molecule has 0 amide bonds. The van der Waals surface area contributed by atoms with E-state index >= 15 is 0 Å². The van der Waals surface area contributed by atoms with Crippen LogP contribution in [0.3, 0.4) is 0 Å². The predicted molar refractivity (Wildman–Crippen MR) is 66.8 cm³/mol. The summed E-state index contributed by atoms with van der Waals surface area (Å²) in [5, 5.41) is 0. The fourth-order valence-corrected chi connectivity index (χ4v) is 1.92. The maximum Gasteiger partial charge on any atom is 0.0557 e. The molecular formula is C15H20. The van der Waals surface area contributed by atoms with Crippen LogP contribution in [0.25, 0.3) is 0 Å². The summed E-state index contributed by atoms with van der Waals surface area (Å²) in [4.78, 5) is 0. The number of benzene rings is 1. The van der Waals surface area contributed by atoms with E-state index < -0.39 is 0 Å². The van der Waals surface area contributed by atoms with Crippen LogP contribution in [0.5, 0.6) is 0 Å². The molecule has 0 aromatic heterocycles. The summed E-state index contributed by atoms with van der Waals surface area (Å²) < 4.78 is 0. The van der Waals surface area contributed by atoms with E-state index in [0.29, 0.717) is 0 Å². The van der Waals surface area contributed by atoms with Crippen LogP contribution in [0.15, 0.2) is 30.3 Å². The molecule has 0 spiro atoms. The normalized spacial score (nSPS) is 10.6. The van der Waals surface area contributed by atoms with E-state index in [4.69, 9.17) is 0 Å². The van der Waals surface area contributed by atoms with Gasteiger partial charge in [-0.2, -0.15) is 0 Å². The minimum Gasteiger partial charge on any atom is -0.103 e. The molecule has 0 aliphatic heterocycles. The third-order valence-electron chi connectivity index (χ3n) is 3.04. The van der Waals surface area contributed by atoms with Gasteiger partial charge in [0.25, 0.3) is 0 Å². The molecule has 1 rings (SSSR count). The average Bonchev–Trinajstić information content (AvgIpc) is 2.33. The van der Waals surface area contributed by atoms with Crippen LogP contribution in [-0.4, -0.2) is 0 Å². The van der Waals surface area contributed by atoms with Crippen molar-refractivity contribution in [2.24, 2.45) is 0 Å². The van der Waals surface area contributed by atoms with E-state index in [-0.39, 0.29) is 5.41 Å². The van der Waals surface area contributed by atoms with E-state index in [1.807, 2.05) is 0 Å². The fourth-order valence-electron chi connectivity index (χ4n) is 1.92. The molecule has 15 heavy (non-hydrogen) atoms. The monoisotopic (exact) mass is 200 g/mol. The summed E-state index contributed by atoms with van der Waals surface area (Å²) in [6, 6.07) is 10.6. The highest BCUT2D eigenvalue weighted by Gasteiger charge is 2.25. The Morgan fingerprint density at radius 1 is 1.00 bits per heavy atom. The Balaban J connectivity index is 3.11. The van der Waals surface area contributed by atoms with Crippen LogP contribution in [0.4, 0.5) is 0 Å². The first kappa shape index (κ1) is 11.9. The largest absolute Gasteiger partial charge is 0.103 e. The quantitative estimate of drug-likeness (QED) is 0.643. The van der Waals surface area contributed by atoms with Gasteiger partial charge in [-0.05, 0) is 18.4 Å². The van der Waals surface area contributed by atoms with Crippen molar-refractivity contribution in [3.63, 3.8) is 0 Å². The van der Waals surface area contributed by atoms with E-state index in [1.54, 1.807) is 0 Å². The lowest BCUT2D eigenvalue weighted by Gasteiger charge is -2.26. The highest BCUT2D eigenvalue weighted by molar-refractivity contribution is 5.35. The first-order valence-corrected chi connectivity index (χ1v) is 5.84. The summed E-state index contributed by atoms with van der Waals surface area (Å²) in [7, 11) is 0. The van der Waals surface area contributed by atoms with Crippen LogP contribution < -0.4 is 0 Å². The summed E-state index contributed by atoms with van der Waals surface area (Å²) in [5.41, 5.74) is 1.42. The molecule has 1 aromatic carbocycles. The average molecular weight is 200 g/mol. The molecule has 0 atom stereocenters. The van der Waals surface area contributed by atoms with Gasteiger partial charge in [0.2, 0.25) is 0 Å². The van der Waals surface area contributed by atoms with E-state index in [2.05, 4.69) is 62.9 Å². The lowest BCUT2D eigenvalue weighted by molar-refractivity contribution is 0.517. The molecule has 0 radical (unpaired) electrons. The Hall–Kier alpha value is -1.22. The lowest BCUT2D eigenvalue weighted by Crippen LogP contribution is -2.21. The second-order valence-corrected chi connectivity index (χ2v) is 3.81. The molecule has 0 nitrogen and oxygen atoms in total. The van der Waals surface area contributed by atoms with Crippen LogP contribution in [0.1, 0.15) is 45.6 Å². The van der Waals surface area contributed by atoms with Gasteiger partial charge in [-0.15, -0.1) is 5.92 Å². The molecular weight excluding hydrogens is 180 g/mol. The minimum atomic E-state index is 0.0667. The fraction of sp³-hybridized carbons (Fsp3) is 0.467. The number of hydrogen-bond acceptors (Lipinski definition) is 0. The first-order valence-electron chi connectivity index (χ1n) is 5.84. The van der Waals surface area contributed by atoms with Crippen molar-refractivity contribution in [3.8, 4) is 11.8 Å². The van der Waals surface area contributed by atoms with Crippen molar-refractivity contribution >= 4 is 0 Å². The predicted octanol–water partition coefficient (Wildman–Crippen LogP) is 4.16. The second-order valence-electron chi connectivity index (χ2n) is 3.81. The topological polar surface area (TPSA) is 0 Å². The highest BCUT2D eigenvalue weighted by atomic mass is 14.3. The maximum absolute atomic E-state index is 3.45. The molecule has 0 aliphatic carbocycles. The Bertz CT molecular complexity index is 333. The molecule has 0 saturated heterocycles. The summed E-state index contributed by atoms with van der Waals surface area (Å²) >= 11 is 0. The second kappa shape index (κ2) is 5.61. The zero-order valence-corrected chi connectivity index (χ0v) is 10.0. The van der Waals surface area contributed by atoms with Crippen molar-refractivity contribution in [2.75, 3.05) is 0 Å². The Morgan fingerprint density at radius 3 is 2.07 bits per heavy atom. The molecule has 0 unspecified atom stereocenters. The van der Waals surface area contributed by atoms with Gasteiger partial charge >= 0.3 is 0 Å². The summed E-state index contributed by atoms with van der Waals surface area (Å²) in [6.45, 7) is 6.55.